The lowest BCUT2D eigenvalue weighted by Gasteiger charge is -2.02. The van der Waals surface area contributed by atoms with Crippen LogP contribution in [0, 0.1) is 27.2 Å². The van der Waals surface area contributed by atoms with Gasteiger partial charge >= 0.3 is 11.5 Å². The molecule has 0 aromatic carbocycles. The Labute approximate surface area is 122 Å². The molecule has 0 radical (unpaired) electrons. The lowest BCUT2D eigenvalue weighted by molar-refractivity contribution is -0.424. The number of nitrogens with one attached hydrogen (secondary N) is 1. The van der Waals surface area contributed by atoms with E-state index in [1.165, 1.54) is 13.2 Å². The molecule has 1 N–H and O–H groups in total. The van der Waals surface area contributed by atoms with Crippen LogP contribution in [0.2, 0.25) is 0 Å². The molecule has 0 saturated heterocycles. The minimum absolute atomic E-state index is 0.0650. The van der Waals surface area contributed by atoms with Crippen LogP contribution in [0.1, 0.15) is 11.5 Å². The van der Waals surface area contributed by atoms with Crippen molar-refractivity contribution in [2.75, 3.05) is 0 Å². The fraction of sp³-hybridized carbons (Fsp3) is 0.273. The lowest BCUT2D eigenvalue weighted by atomic mass is 10.4. The van der Waals surface area contributed by atoms with E-state index in [9.17, 15) is 25.0 Å². The average molecular weight is 309 g/mol. The van der Waals surface area contributed by atoms with E-state index in [1.54, 1.807) is 12.1 Å². The number of rotatable bonds is 6. The zero-order valence-electron chi connectivity index (χ0n) is 11.4. The molecule has 11 nitrogen and oxygen atoms in total. The van der Waals surface area contributed by atoms with Crippen LogP contribution >= 0.6 is 0 Å². The predicted molar refractivity (Wildman–Crippen MR) is 70.8 cm³/mol. The quantitative estimate of drug-likeness (QED) is 0.616. The molecule has 11 heteroatoms. The number of hydrogen-bond donors (Lipinski definition) is 1. The second kappa shape index (κ2) is 6.03. The Hall–Kier alpha value is -3.24. The Kier molecular flexibility index (Phi) is 4.15. The van der Waals surface area contributed by atoms with Crippen LogP contribution in [-0.2, 0) is 17.9 Å². The monoisotopic (exact) mass is 309 g/mol. The zero-order valence-corrected chi connectivity index (χ0v) is 11.4. The molecule has 2 rings (SSSR count). The largest absolute Gasteiger partial charge is 0.468 e. The van der Waals surface area contributed by atoms with Crippen LogP contribution in [0.5, 0.6) is 0 Å². The molecule has 0 unspecified atom stereocenters. The zero-order chi connectivity index (χ0) is 16.3. The molecule has 0 aliphatic rings. The summed E-state index contributed by atoms with van der Waals surface area (Å²) < 4.78 is 5.95. The van der Waals surface area contributed by atoms with E-state index in [1.807, 2.05) is 0 Å². The topological polar surface area (TPSA) is 146 Å². The van der Waals surface area contributed by atoms with Crippen molar-refractivity contribution in [3.63, 3.8) is 0 Å². The van der Waals surface area contributed by atoms with Crippen LogP contribution in [0.25, 0.3) is 0 Å². The normalized spacial score (nSPS) is 10.4. The van der Waals surface area contributed by atoms with Crippen molar-refractivity contribution in [2.45, 2.75) is 20.0 Å². The fourth-order valence-electron chi connectivity index (χ4n) is 1.80. The Morgan fingerprint density at radius 1 is 1.41 bits per heavy atom. The van der Waals surface area contributed by atoms with Crippen molar-refractivity contribution in [1.29, 1.82) is 0 Å². The van der Waals surface area contributed by atoms with Crippen LogP contribution < -0.4 is 5.32 Å². The van der Waals surface area contributed by atoms with Gasteiger partial charge in [-0.05, 0) is 24.0 Å². The second-order valence-electron chi connectivity index (χ2n) is 4.29. The fourth-order valence-corrected chi connectivity index (χ4v) is 1.80. The van der Waals surface area contributed by atoms with E-state index in [2.05, 4.69) is 10.4 Å². The lowest BCUT2D eigenvalue weighted by Crippen LogP contribution is -2.27. The van der Waals surface area contributed by atoms with Gasteiger partial charge in [0, 0.05) is 0 Å². The van der Waals surface area contributed by atoms with Crippen molar-refractivity contribution in [3.8, 4) is 0 Å². The number of furan rings is 1. The number of nitrogens with zero attached hydrogens (tertiary/aromatic N) is 4. The van der Waals surface area contributed by atoms with Gasteiger partial charge in [0.15, 0.2) is 0 Å². The number of nitro groups is 2. The molecule has 22 heavy (non-hydrogen) atoms. The van der Waals surface area contributed by atoms with Gasteiger partial charge in [-0.25, -0.2) is 0 Å². The molecule has 0 bridgehead atoms. The van der Waals surface area contributed by atoms with Crippen LogP contribution in [-0.4, -0.2) is 25.5 Å². The van der Waals surface area contributed by atoms with Gasteiger partial charge in [0.25, 0.3) is 0 Å². The summed E-state index contributed by atoms with van der Waals surface area (Å²) in [4.78, 5) is 31.6. The van der Waals surface area contributed by atoms with Gasteiger partial charge in [0.1, 0.15) is 18.0 Å². The SMILES string of the molecule is Cc1c([N+](=O)[O-])c([N+](=O)[O-])nn1CC(=O)NCc1ccco1. The summed E-state index contributed by atoms with van der Waals surface area (Å²) in [5.41, 5.74) is -0.784. The summed E-state index contributed by atoms with van der Waals surface area (Å²) >= 11 is 0. The predicted octanol–water partition coefficient (Wildman–Crippen LogP) is 0.917. The minimum Gasteiger partial charge on any atom is -0.467 e. The molecule has 116 valence electrons. The summed E-state index contributed by atoms with van der Waals surface area (Å²) in [6.45, 7) is 1.05. The highest BCUT2D eigenvalue weighted by molar-refractivity contribution is 5.75. The van der Waals surface area contributed by atoms with Crippen molar-refractivity contribution < 1.29 is 19.1 Å². The van der Waals surface area contributed by atoms with Crippen molar-refractivity contribution in [2.24, 2.45) is 0 Å². The maximum absolute atomic E-state index is 11.8. The average Bonchev–Trinajstić information content (AvgIpc) is 3.05. The van der Waals surface area contributed by atoms with E-state index in [0.29, 0.717) is 5.76 Å². The number of carbonyl (C=O) groups is 1. The Morgan fingerprint density at radius 3 is 2.64 bits per heavy atom. The summed E-state index contributed by atoms with van der Waals surface area (Å²) in [6, 6.07) is 3.32. The highest BCUT2D eigenvalue weighted by atomic mass is 16.6. The highest BCUT2D eigenvalue weighted by Gasteiger charge is 2.35. The number of hydrogen-bond acceptors (Lipinski definition) is 7. The molecule has 0 spiro atoms. The number of carbonyl (C=O) groups excluding carboxylic acids is 1. The molecule has 2 aromatic heterocycles. The molecule has 2 heterocycles. The van der Waals surface area contributed by atoms with E-state index in [0.717, 1.165) is 4.68 Å². The van der Waals surface area contributed by atoms with Gasteiger partial charge in [-0.15, -0.1) is 0 Å². The first-order valence-electron chi connectivity index (χ1n) is 6.05. The number of aromatic nitrogens is 2. The van der Waals surface area contributed by atoms with Crippen LogP contribution in [0.4, 0.5) is 11.5 Å². The third kappa shape index (κ3) is 3.08. The van der Waals surface area contributed by atoms with Crippen molar-refractivity contribution in [1.82, 2.24) is 15.1 Å². The molecule has 0 aliphatic carbocycles. The van der Waals surface area contributed by atoms with E-state index in [-0.39, 0.29) is 18.8 Å². The third-order valence-electron chi connectivity index (χ3n) is 2.85. The second-order valence-corrected chi connectivity index (χ2v) is 4.29. The third-order valence-corrected chi connectivity index (χ3v) is 2.85. The van der Waals surface area contributed by atoms with Crippen molar-refractivity contribution in [3.05, 3.63) is 50.1 Å². The molecular weight excluding hydrogens is 298 g/mol. The summed E-state index contributed by atoms with van der Waals surface area (Å²) in [6.07, 6.45) is 1.45. The van der Waals surface area contributed by atoms with Gasteiger partial charge in [-0.1, -0.05) is 0 Å². The van der Waals surface area contributed by atoms with E-state index >= 15 is 0 Å². The van der Waals surface area contributed by atoms with Gasteiger partial charge in [0.2, 0.25) is 5.91 Å². The van der Waals surface area contributed by atoms with E-state index in [4.69, 9.17) is 4.42 Å². The molecule has 0 fully saturated rings. The first-order valence-corrected chi connectivity index (χ1v) is 6.05. The smallest absolute Gasteiger partial charge is 0.467 e. The summed E-state index contributed by atoms with van der Waals surface area (Å²) in [7, 11) is 0. The minimum atomic E-state index is -0.956. The Bertz CT molecular complexity index is 720. The van der Waals surface area contributed by atoms with Gasteiger partial charge in [-0.2, -0.15) is 4.68 Å². The maximum atomic E-state index is 11.8. The Balaban J connectivity index is 2.12. The molecular formula is C11H11N5O6. The Morgan fingerprint density at radius 2 is 2.14 bits per heavy atom. The molecule has 2 aromatic rings. The maximum Gasteiger partial charge on any atom is 0.468 e. The molecule has 0 atom stereocenters. The molecule has 1 amide bonds. The van der Waals surface area contributed by atoms with Gasteiger partial charge in [-0.3, -0.25) is 14.9 Å². The first kappa shape index (κ1) is 15.2. The van der Waals surface area contributed by atoms with E-state index < -0.39 is 27.3 Å². The first-order chi connectivity index (χ1) is 10.4. The number of amides is 1. The summed E-state index contributed by atoms with van der Waals surface area (Å²) in [5.74, 6) is -0.865. The van der Waals surface area contributed by atoms with Crippen LogP contribution in [0.3, 0.4) is 0 Å². The van der Waals surface area contributed by atoms with Crippen LogP contribution in [0.15, 0.2) is 22.8 Å². The highest BCUT2D eigenvalue weighted by Crippen LogP contribution is 2.28. The standard InChI is InChI=1S/C11H11N5O6/c1-7-10(15(18)19)11(16(20)21)13-14(7)6-9(17)12-5-8-3-2-4-22-8/h2-4H,5-6H2,1H3,(H,12,17). The van der Waals surface area contributed by atoms with Gasteiger partial charge in [0.05, 0.1) is 22.8 Å². The molecule has 0 aliphatic heterocycles. The molecule has 0 saturated carbocycles. The summed E-state index contributed by atoms with van der Waals surface area (Å²) in [5, 5.41) is 27.7. The van der Waals surface area contributed by atoms with Gasteiger partial charge < -0.3 is 19.8 Å². The van der Waals surface area contributed by atoms with Crippen molar-refractivity contribution >= 4 is 17.4 Å².